The maximum absolute atomic E-state index is 5.04. The van der Waals surface area contributed by atoms with Gasteiger partial charge in [0.2, 0.25) is 0 Å². The van der Waals surface area contributed by atoms with Crippen molar-refractivity contribution in [2.75, 3.05) is 0 Å². The molecule has 0 fully saturated rings. The average Bonchev–Trinajstić information content (AvgIpc) is 3.59. The van der Waals surface area contributed by atoms with Crippen LogP contribution in [-0.2, 0) is 0 Å². The Labute approximate surface area is 205 Å². The summed E-state index contributed by atoms with van der Waals surface area (Å²) in [6.45, 7) is 0. The first-order valence-corrected chi connectivity index (χ1v) is 12.5. The summed E-state index contributed by atoms with van der Waals surface area (Å²) in [6.07, 6.45) is 4.14. The van der Waals surface area contributed by atoms with Gasteiger partial charge in [-0.15, -0.1) is 11.3 Å². The van der Waals surface area contributed by atoms with E-state index in [1.165, 1.54) is 42.2 Å². The summed E-state index contributed by atoms with van der Waals surface area (Å²) in [6, 6.07) is 36.8. The fourth-order valence-corrected chi connectivity index (χ4v) is 6.48. The Morgan fingerprint density at radius 1 is 0.600 bits per heavy atom. The number of fused-ring (bicyclic) bond motifs is 7. The van der Waals surface area contributed by atoms with Gasteiger partial charge in [0.1, 0.15) is 5.82 Å². The highest BCUT2D eigenvalue weighted by molar-refractivity contribution is 7.25. The molecule has 0 atom stereocenters. The Morgan fingerprint density at radius 3 is 2.40 bits per heavy atom. The van der Waals surface area contributed by atoms with E-state index in [0.717, 1.165) is 22.4 Å². The lowest BCUT2D eigenvalue weighted by atomic mass is 10.1. The minimum Gasteiger partial charge on any atom is -0.303 e. The number of benzene rings is 3. The standard InChI is InChI=1S/C31H19N3S/c1-2-8-20(9-3-1)21-16-27-31(32-19-21)25-17-24-23-11-4-5-12-28(23)35-29(24)18-26(25)34(27)30-14-13-22-10-6-7-15-33(22)30/h1-19H. The molecule has 5 aromatic heterocycles. The first-order valence-electron chi connectivity index (χ1n) is 11.7. The number of pyridine rings is 2. The summed E-state index contributed by atoms with van der Waals surface area (Å²) in [7, 11) is 0. The van der Waals surface area contributed by atoms with Crippen LogP contribution in [0.3, 0.4) is 0 Å². The molecular formula is C31H19N3S. The van der Waals surface area contributed by atoms with Crippen molar-refractivity contribution in [1.82, 2.24) is 14.0 Å². The van der Waals surface area contributed by atoms with Crippen molar-refractivity contribution in [2.45, 2.75) is 0 Å². The minimum atomic E-state index is 1.03. The van der Waals surface area contributed by atoms with Gasteiger partial charge in [0, 0.05) is 49.0 Å². The van der Waals surface area contributed by atoms with Crippen molar-refractivity contribution in [3.63, 3.8) is 0 Å². The van der Waals surface area contributed by atoms with Crippen molar-refractivity contribution in [3.8, 4) is 16.9 Å². The maximum atomic E-state index is 5.04. The summed E-state index contributed by atoms with van der Waals surface area (Å²) in [5, 5.41) is 3.79. The fourth-order valence-electron chi connectivity index (χ4n) is 5.35. The lowest BCUT2D eigenvalue weighted by molar-refractivity contribution is 1.04. The molecule has 164 valence electrons. The van der Waals surface area contributed by atoms with E-state index in [-0.39, 0.29) is 0 Å². The molecule has 0 saturated heterocycles. The van der Waals surface area contributed by atoms with Crippen LogP contribution in [0.1, 0.15) is 0 Å². The van der Waals surface area contributed by atoms with Crippen LogP contribution in [0, 0.1) is 0 Å². The topological polar surface area (TPSA) is 22.2 Å². The lowest BCUT2D eigenvalue weighted by Crippen LogP contribution is -1.98. The number of nitrogens with zero attached hydrogens (tertiary/aromatic N) is 3. The van der Waals surface area contributed by atoms with Crippen molar-refractivity contribution in [3.05, 3.63) is 116 Å². The van der Waals surface area contributed by atoms with Crippen LogP contribution < -0.4 is 0 Å². The molecule has 5 heterocycles. The highest BCUT2D eigenvalue weighted by Crippen LogP contribution is 2.40. The molecule has 0 aliphatic heterocycles. The number of hydrogen-bond donors (Lipinski definition) is 0. The van der Waals surface area contributed by atoms with Crippen LogP contribution >= 0.6 is 11.3 Å². The van der Waals surface area contributed by atoms with E-state index in [9.17, 15) is 0 Å². The van der Waals surface area contributed by atoms with Gasteiger partial charge in [-0.2, -0.15) is 0 Å². The zero-order valence-corrected chi connectivity index (χ0v) is 19.5. The van der Waals surface area contributed by atoms with Gasteiger partial charge in [-0.3, -0.25) is 9.55 Å². The van der Waals surface area contributed by atoms with Crippen molar-refractivity contribution < 1.29 is 0 Å². The first-order chi connectivity index (χ1) is 17.3. The molecule has 0 saturated carbocycles. The molecule has 0 bridgehead atoms. The zero-order valence-electron chi connectivity index (χ0n) is 18.7. The summed E-state index contributed by atoms with van der Waals surface area (Å²) in [4.78, 5) is 5.04. The average molecular weight is 466 g/mol. The third kappa shape index (κ3) is 2.69. The monoisotopic (exact) mass is 465 g/mol. The first kappa shape index (κ1) is 19.0. The fraction of sp³-hybridized carbons (Fsp3) is 0. The van der Waals surface area contributed by atoms with E-state index in [2.05, 4.69) is 118 Å². The molecule has 0 spiro atoms. The number of thiophene rings is 1. The Balaban J connectivity index is 1.54. The molecule has 4 heteroatoms. The molecule has 8 aromatic rings. The maximum Gasteiger partial charge on any atom is 0.122 e. The van der Waals surface area contributed by atoms with E-state index in [1.807, 2.05) is 17.5 Å². The predicted molar refractivity (Wildman–Crippen MR) is 148 cm³/mol. The number of aromatic nitrogens is 3. The van der Waals surface area contributed by atoms with E-state index in [0.29, 0.717) is 0 Å². The van der Waals surface area contributed by atoms with E-state index >= 15 is 0 Å². The molecule has 0 aliphatic carbocycles. The minimum absolute atomic E-state index is 1.03. The van der Waals surface area contributed by atoms with E-state index in [1.54, 1.807) is 0 Å². The number of hydrogen-bond acceptors (Lipinski definition) is 2. The molecule has 8 rings (SSSR count). The van der Waals surface area contributed by atoms with Gasteiger partial charge in [-0.05, 0) is 54.1 Å². The second-order valence-corrected chi connectivity index (χ2v) is 10.0. The molecule has 0 radical (unpaired) electrons. The summed E-state index contributed by atoms with van der Waals surface area (Å²) >= 11 is 1.86. The van der Waals surface area contributed by atoms with Crippen LogP contribution in [0.25, 0.3) is 64.6 Å². The highest BCUT2D eigenvalue weighted by atomic mass is 32.1. The zero-order chi connectivity index (χ0) is 22.9. The molecule has 35 heavy (non-hydrogen) atoms. The van der Waals surface area contributed by atoms with Gasteiger partial charge >= 0.3 is 0 Å². The van der Waals surface area contributed by atoms with Crippen LogP contribution in [0.5, 0.6) is 0 Å². The third-order valence-electron chi connectivity index (χ3n) is 6.98. The van der Waals surface area contributed by atoms with Crippen LogP contribution in [0.15, 0.2) is 116 Å². The van der Waals surface area contributed by atoms with Crippen LogP contribution in [-0.4, -0.2) is 14.0 Å². The highest BCUT2D eigenvalue weighted by Gasteiger charge is 2.18. The van der Waals surface area contributed by atoms with Crippen molar-refractivity contribution >= 4 is 59.0 Å². The van der Waals surface area contributed by atoms with Crippen molar-refractivity contribution in [1.29, 1.82) is 0 Å². The normalized spacial score (nSPS) is 12.0. The molecule has 3 aromatic carbocycles. The summed E-state index contributed by atoms with van der Waals surface area (Å²) in [5.41, 5.74) is 6.80. The Hall–Kier alpha value is -4.41. The molecule has 3 nitrogen and oxygen atoms in total. The van der Waals surface area contributed by atoms with Gasteiger partial charge in [0.05, 0.1) is 16.6 Å². The predicted octanol–water partition coefficient (Wildman–Crippen LogP) is 8.47. The SMILES string of the molecule is c1ccc(-c2cnc3c4cc5c(cc4n(-c4ccc6ccccn46)c3c2)sc2ccccc25)cc1. The largest absolute Gasteiger partial charge is 0.303 e. The molecular weight excluding hydrogens is 446 g/mol. The van der Waals surface area contributed by atoms with Crippen LogP contribution in [0.4, 0.5) is 0 Å². The van der Waals surface area contributed by atoms with E-state index in [4.69, 9.17) is 4.98 Å². The summed E-state index contributed by atoms with van der Waals surface area (Å²) < 4.78 is 7.25. The Bertz CT molecular complexity index is 2060. The van der Waals surface area contributed by atoms with Gasteiger partial charge in [0.25, 0.3) is 0 Å². The summed E-state index contributed by atoms with van der Waals surface area (Å²) in [5.74, 6) is 1.12. The Morgan fingerprint density at radius 2 is 1.46 bits per heavy atom. The van der Waals surface area contributed by atoms with Gasteiger partial charge < -0.3 is 4.40 Å². The van der Waals surface area contributed by atoms with E-state index < -0.39 is 0 Å². The van der Waals surface area contributed by atoms with Crippen LogP contribution in [0.2, 0.25) is 0 Å². The quantitative estimate of drug-likeness (QED) is 0.251. The second-order valence-electron chi connectivity index (χ2n) is 8.94. The smallest absolute Gasteiger partial charge is 0.122 e. The molecule has 0 N–H and O–H groups in total. The van der Waals surface area contributed by atoms with Gasteiger partial charge in [-0.1, -0.05) is 54.6 Å². The van der Waals surface area contributed by atoms with Gasteiger partial charge in [-0.25, -0.2) is 0 Å². The third-order valence-corrected chi connectivity index (χ3v) is 8.11. The van der Waals surface area contributed by atoms with Crippen molar-refractivity contribution in [2.24, 2.45) is 0 Å². The molecule has 0 amide bonds. The second kappa shape index (κ2) is 7.05. The van der Waals surface area contributed by atoms with Gasteiger partial charge in [0.15, 0.2) is 0 Å². The Kier molecular flexibility index (Phi) is 3.82. The molecule has 0 aliphatic rings. The lowest BCUT2D eigenvalue weighted by Gasteiger charge is -2.09. The molecule has 0 unspecified atom stereocenters. The number of rotatable bonds is 2.